The third-order valence-corrected chi connectivity index (χ3v) is 5.18. The summed E-state index contributed by atoms with van der Waals surface area (Å²) in [6.07, 6.45) is 0. The SMILES string of the molecule is N#Cc1ccc(S(=O)(=O)Nc2ccc(Br)cc2Cl)c(Cl)c1. The number of anilines is 1. The number of nitrogens with zero attached hydrogens (tertiary/aromatic N) is 1. The van der Waals surface area contributed by atoms with Gasteiger partial charge < -0.3 is 0 Å². The number of halogens is 3. The average Bonchev–Trinajstić information content (AvgIpc) is 2.41. The number of nitriles is 1. The zero-order valence-electron chi connectivity index (χ0n) is 10.3. The Labute approximate surface area is 140 Å². The highest BCUT2D eigenvalue weighted by Gasteiger charge is 2.19. The van der Waals surface area contributed by atoms with Crippen molar-refractivity contribution in [1.29, 1.82) is 5.26 Å². The molecule has 0 heterocycles. The number of hydrogen-bond acceptors (Lipinski definition) is 3. The van der Waals surface area contributed by atoms with Crippen molar-refractivity contribution >= 4 is 54.8 Å². The summed E-state index contributed by atoms with van der Waals surface area (Å²) in [5.74, 6) is 0. The quantitative estimate of drug-likeness (QED) is 0.820. The van der Waals surface area contributed by atoms with Crippen LogP contribution in [0.25, 0.3) is 0 Å². The van der Waals surface area contributed by atoms with Gasteiger partial charge >= 0.3 is 0 Å². The first kappa shape index (κ1) is 16.1. The van der Waals surface area contributed by atoms with Crippen LogP contribution in [0.5, 0.6) is 0 Å². The predicted molar refractivity (Wildman–Crippen MR) is 86.1 cm³/mol. The average molecular weight is 406 g/mol. The molecular weight excluding hydrogens is 399 g/mol. The number of benzene rings is 2. The maximum atomic E-state index is 12.3. The van der Waals surface area contributed by atoms with Gasteiger partial charge in [0.05, 0.1) is 27.4 Å². The zero-order chi connectivity index (χ0) is 15.6. The van der Waals surface area contributed by atoms with Gasteiger partial charge in [-0.1, -0.05) is 39.1 Å². The second-order valence-corrected chi connectivity index (χ2v) is 7.37. The molecule has 0 atom stereocenters. The van der Waals surface area contributed by atoms with E-state index in [0.717, 1.165) is 4.47 Å². The fraction of sp³-hybridized carbons (Fsp3) is 0. The Morgan fingerprint density at radius 2 is 1.81 bits per heavy atom. The lowest BCUT2D eigenvalue weighted by Crippen LogP contribution is -2.13. The monoisotopic (exact) mass is 404 g/mol. The van der Waals surface area contributed by atoms with Gasteiger partial charge in [-0.05, 0) is 36.4 Å². The van der Waals surface area contributed by atoms with Crippen LogP contribution in [0.2, 0.25) is 10.0 Å². The van der Waals surface area contributed by atoms with Crippen molar-refractivity contribution in [2.24, 2.45) is 0 Å². The molecule has 8 heteroatoms. The standard InChI is InChI=1S/C13H7BrCl2N2O2S/c14-9-2-3-12(10(15)6-9)18-21(19,20)13-4-1-8(7-17)5-11(13)16/h1-6,18H. The maximum absolute atomic E-state index is 12.3. The van der Waals surface area contributed by atoms with E-state index in [1.54, 1.807) is 12.1 Å². The van der Waals surface area contributed by atoms with Crippen LogP contribution in [-0.4, -0.2) is 8.42 Å². The molecule has 0 fully saturated rings. The van der Waals surface area contributed by atoms with Crippen molar-refractivity contribution in [2.45, 2.75) is 4.90 Å². The van der Waals surface area contributed by atoms with E-state index in [-0.39, 0.29) is 26.2 Å². The van der Waals surface area contributed by atoms with Crippen LogP contribution in [0.4, 0.5) is 5.69 Å². The zero-order valence-corrected chi connectivity index (χ0v) is 14.2. The maximum Gasteiger partial charge on any atom is 0.263 e. The molecule has 2 aromatic rings. The molecule has 0 spiro atoms. The van der Waals surface area contributed by atoms with Gasteiger partial charge in [0.25, 0.3) is 10.0 Å². The molecule has 2 rings (SSSR count). The van der Waals surface area contributed by atoms with Crippen LogP contribution >= 0.6 is 39.1 Å². The topological polar surface area (TPSA) is 70.0 Å². The summed E-state index contributed by atoms with van der Waals surface area (Å²) >= 11 is 15.1. The summed E-state index contributed by atoms with van der Waals surface area (Å²) < 4.78 is 27.7. The Kier molecular flexibility index (Phi) is 4.79. The number of hydrogen-bond donors (Lipinski definition) is 1. The molecule has 108 valence electrons. The van der Waals surface area contributed by atoms with E-state index < -0.39 is 10.0 Å². The molecule has 2 aromatic carbocycles. The predicted octanol–water partition coefficient (Wildman–Crippen LogP) is 4.43. The molecule has 0 aliphatic heterocycles. The van der Waals surface area contributed by atoms with Crippen molar-refractivity contribution in [3.63, 3.8) is 0 Å². The summed E-state index contributed by atoms with van der Waals surface area (Å²) in [4.78, 5) is -0.123. The Morgan fingerprint density at radius 1 is 1.10 bits per heavy atom. The summed E-state index contributed by atoms with van der Waals surface area (Å²) in [5.41, 5.74) is 0.515. The second-order valence-electron chi connectivity index (χ2n) is 3.99. The van der Waals surface area contributed by atoms with E-state index >= 15 is 0 Å². The van der Waals surface area contributed by atoms with Crippen LogP contribution in [0.1, 0.15) is 5.56 Å². The van der Waals surface area contributed by atoms with E-state index in [0.29, 0.717) is 0 Å². The minimum absolute atomic E-state index is 0.0326. The normalized spacial score (nSPS) is 11.0. The van der Waals surface area contributed by atoms with E-state index in [1.807, 2.05) is 6.07 Å². The Hall–Kier alpha value is -1.26. The first-order valence-electron chi connectivity index (χ1n) is 5.51. The van der Waals surface area contributed by atoms with Crippen LogP contribution in [0.3, 0.4) is 0 Å². The van der Waals surface area contributed by atoms with Crippen molar-refractivity contribution in [2.75, 3.05) is 4.72 Å². The third-order valence-electron chi connectivity index (χ3n) is 2.53. The molecule has 0 saturated heterocycles. The largest absolute Gasteiger partial charge is 0.278 e. The Balaban J connectivity index is 2.41. The fourth-order valence-corrected chi connectivity index (χ4v) is 3.96. The van der Waals surface area contributed by atoms with E-state index in [1.165, 1.54) is 24.3 Å². The van der Waals surface area contributed by atoms with Gasteiger partial charge in [-0.2, -0.15) is 5.26 Å². The molecule has 0 aliphatic carbocycles. The molecule has 4 nitrogen and oxygen atoms in total. The van der Waals surface area contributed by atoms with Crippen molar-refractivity contribution in [3.8, 4) is 6.07 Å². The molecule has 1 N–H and O–H groups in total. The van der Waals surface area contributed by atoms with Crippen LogP contribution in [0, 0.1) is 11.3 Å². The summed E-state index contributed by atoms with van der Waals surface area (Å²) in [5, 5.41) is 8.97. The molecule has 0 aliphatic rings. The number of rotatable bonds is 3. The Morgan fingerprint density at radius 3 is 2.38 bits per heavy atom. The molecular formula is C13H7BrCl2N2O2S. The summed E-state index contributed by atoms with van der Waals surface area (Å²) in [6, 6.07) is 10.6. The highest BCUT2D eigenvalue weighted by molar-refractivity contribution is 9.10. The van der Waals surface area contributed by atoms with Gasteiger partial charge in [-0.3, -0.25) is 4.72 Å². The highest BCUT2D eigenvalue weighted by atomic mass is 79.9. The molecule has 0 radical (unpaired) electrons. The van der Waals surface area contributed by atoms with Crippen LogP contribution in [-0.2, 0) is 10.0 Å². The van der Waals surface area contributed by atoms with Gasteiger partial charge in [0.1, 0.15) is 4.90 Å². The van der Waals surface area contributed by atoms with Crippen molar-refractivity contribution in [1.82, 2.24) is 0 Å². The van der Waals surface area contributed by atoms with Gasteiger partial charge in [-0.15, -0.1) is 0 Å². The number of nitrogens with one attached hydrogen (secondary N) is 1. The summed E-state index contributed by atoms with van der Waals surface area (Å²) in [7, 11) is -3.90. The van der Waals surface area contributed by atoms with E-state index in [2.05, 4.69) is 20.7 Å². The van der Waals surface area contributed by atoms with Gasteiger partial charge in [0.2, 0.25) is 0 Å². The second kappa shape index (κ2) is 6.24. The Bertz CT molecular complexity index is 848. The molecule has 0 bridgehead atoms. The first-order valence-corrected chi connectivity index (χ1v) is 8.54. The lowest BCUT2D eigenvalue weighted by atomic mass is 10.2. The number of sulfonamides is 1. The molecule has 0 amide bonds. The third kappa shape index (κ3) is 3.69. The molecule has 0 saturated carbocycles. The van der Waals surface area contributed by atoms with Crippen LogP contribution < -0.4 is 4.72 Å². The lowest BCUT2D eigenvalue weighted by molar-refractivity contribution is 0.601. The molecule has 0 unspecified atom stereocenters. The van der Waals surface area contributed by atoms with Gasteiger partial charge in [0, 0.05) is 4.47 Å². The fourth-order valence-electron chi connectivity index (χ4n) is 1.56. The molecule has 0 aromatic heterocycles. The minimum Gasteiger partial charge on any atom is -0.278 e. The van der Waals surface area contributed by atoms with Crippen molar-refractivity contribution < 1.29 is 8.42 Å². The van der Waals surface area contributed by atoms with E-state index in [9.17, 15) is 8.42 Å². The van der Waals surface area contributed by atoms with Gasteiger partial charge in [-0.25, -0.2) is 8.42 Å². The smallest absolute Gasteiger partial charge is 0.263 e. The van der Waals surface area contributed by atoms with Gasteiger partial charge in [0.15, 0.2) is 0 Å². The highest BCUT2D eigenvalue weighted by Crippen LogP contribution is 2.29. The first-order chi connectivity index (χ1) is 9.83. The molecule has 21 heavy (non-hydrogen) atoms. The minimum atomic E-state index is -3.90. The summed E-state index contributed by atoms with van der Waals surface area (Å²) in [6.45, 7) is 0. The van der Waals surface area contributed by atoms with E-state index in [4.69, 9.17) is 28.5 Å². The van der Waals surface area contributed by atoms with Crippen molar-refractivity contribution in [3.05, 3.63) is 56.5 Å². The van der Waals surface area contributed by atoms with Crippen LogP contribution in [0.15, 0.2) is 45.8 Å². The lowest BCUT2D eigenvalue weighted by Gasteiger charge is -2.11.